The van der Waals surface area contributed by atoms with E-state index in [1.54, 1.807) is 30.1 Å². The molecule has 7 heteroatoms. The van der Waals surface area contributed by atoms with Crippen LogP contribution < -0.4 is 16.4 Å². The molecule has 5 nitrogen and oxygen atoms in total. The van der Waals surface area contributed by atoms with Crippen molar-refractivity contribution in [3.8, 4) is 0 Å². The van der Waals surface area contributed by atoms with Gasteiger partial charge in [-0.25, -0.2) is 10.9 Å². The molecule has 0 radical (unpaired) electrons. The van der Waals surface area contributed by atoms with Gasteiger partial charge in [0.15, 0.2) is 0 Å². The van der Waals surface area contributed by atoms with Crippen molar-refractivity contribution in [3.05, 3.63) is 33.8 Å². The van der Waals surface area contributed by atoms with Crippen molar-refractivity contribution < 1.29 is 4.79 Å². The number of halogens is 2. The van der Waals surface area contributed by atoms with Gasteiger partial charge in [0.25, 0.3) is 0 Å². The van der Waals surface area contributed by atoms with Crippen LogP contribution in [-0.4, -0.2) is 30.4 Å². The first kappa shape index (κ1) is 13.6. The monoisotopic (exact) mass is 288 g/mol. The van der Waals surface area contributed by atoms with Gasteiger partial charge < -0.3 is 4.90 Å². The number of hydrazine groups is 2. The fourth-order valence-corrected chi connectivity index (χ4v) is 2.38. The first-order valence-corrected chi connectivity index (χ1v) is 6.25. The lowest BCUT2D eigenvalue weighted by Gasteiger charge is -2.20. The molecule has 98 valence electrons. The quantitative estimate of drug-likeness (QED) is 0.775. The van der Waals surface area contributed by atoms with Crippen LogP contribution >= 0.6 is 23.2 Å². The van der Waals surface area contributed by atoms with E-state index in [1.807, 2.05) is 0 Å². The molecule has 2 rings (SSSR count). The second-order valence-corrected chi connectivity index (χ2v) is 5.05. The zero-order valence-electron chi connectivity index (χ0n) is 9.84. The van der Waals surface area contributed by atoms with Crippen molar-refractivity contribution >= 4 is 29.1 Å². The number of benzene rings is 1. The molecule has 1 atom stereocenters. The smallest absolute Gasteiger partial charge is 0.242 e. The summed E-state index contributed by atoms with van der Waals surface area (Å²) in [5.41, 5.74) is 9.29. The molecule has 0 saturated carbocycles. The van der Waals surface area contributed by atoms with Crippen LogP contribution in [0.4, 0.5) is 0 Å². The van der Waals surface area contributed by atoms with Crippen molar-refractivity contribution in [2.45, 2.75) is 12.6 Å². The molecule has 0 aromatic heterocycles. The molecule has 18 heavy (non-hydrogen) atoms. The van der Waals surface area contributed by atoms with E-state index in [1.165, 1.54) is 0 Å². The molecule has 3 N–H and O–H groups in total. The summed E-state index contributed by atoms with van der Waals surface area (Å²) >= 11 is 11.8. The van der Waals surface area contributed by atoms with Gasteiger partial charge in [0.2, 0.25) is 5.91 Å². The molecular formula is C11H14Cl2N4O. The molecule has 1 fully saturated rings. The Balaban J connectivity index is 2.01. The van der Waals surface area contributed by atoms with Crippen molar-refractivity contribution in [2.24, 2.45) is 0 Å². The molecule has 1 aliphatic rings. The molecule has 1 amide bonds. The number of amides is 1. The SMILES string of the molecule is CN(Cc1cc(Cl)cc(Cl)c1)C(=O)C1CNNN1. The van der Waals surface area contributed by atoms with Crippen LogP contribution in [0.1, 0.15) is 5.56 Å². The average Bonchev–Trinajstić information content (AvgIpc) is 2.79. The molecular weight excluding hydrogens is 275 g/mol. The molecule has 1 unspecified atom stereocenters. The van der Waals surface area contributed by atoms with Crippen LogP contribution in [0.15, 0.2) is 18.2 Å². The number of hydrogen-bond acceptors (Lipinski definition) is 4. The summed E-state index contributed by atoms with van der Waals surface area (Å²) in [6, 6.07) is 5.01. The summed E-state index contributed by atoms with van der Waals surface area (Å²) in [4.78, 5) is 13.7. The lowest BCUT2D eigenvalue weighted by Crippen LogP contribution is -2.44. The highest BCUT2D eigenvalue weighted by molar-refractivity contribution is 6.34. The van der Waals surface area contributed by atoms with Crippen LogP contribution in [0.25, 0.3) is 0 Å². The zero-order valence-corrected chi connectivity index (χ0v) is 11.3. The van der Waals surface area contributed by atoms with Crippen LogP contribution in [0.3, 0.4) is 0 Å². The topological polar surface area (TPSA) is 56.4 Å². The van der Waals surface area contributed by atoms with E-state index in [2.05, 4.69) is 16.4 Å². The number of hydrogen-bond donors (Lipinski definition) is 3. The lowest BCUT2D eigenvalue weighted by molar-refractivity contribution is -0.132. The molecule has 0 spiro atoms. The van der Waals surface area contributed by atoms with Gasteiger partial charge in [-0.3, -0.25) is 4.79 Å². The molecule has 1 aliphatic heterocycles. The largest absolute Gasteiger partial charge is 0.340 e. The summed E-state index contributed by atoms with van der Waals surface area (Å²) in [5.74, 6) is 0.00333. The Morgan fingerprint density at radius 2 is 2.06 bits per heavy atom. The Morgan fingerprint density at radius 3 is 2.61 bits per heavy atom. The zero-order chi connectivity index (χ0) is 13.1. The summed E-state index contributed by atoms with van der Waals surface area (Å²) in [6.07, 6.45) is 0. The third-order valence-electron chi connectivity index (χ3n) is 2.66. The maximum atomic E-state index is 12.0. The van der Waals surface area contributed by atoms with Crippen molar-refractivity contribution in [1.29, 1.82) is 0 Å². The maximum Gasteiger partial charge on any atom is 0.242 e. The third kappa shape index (κ3) is 3.34. The Kier molecular flexibility index (Phi) is 4.42. The van der Waals surface area contributed by atoms with Gasteiger partial charge in [0, 0.05) is 30.2 Å². The fraction of sp³-hybridized carbons (Fsp3) is 0.364. The second-order valence-electron chi connectivity index (χ2n) is 4.17. The van der Waals surface area contributed by atoms with E-state index in [0.29, 0.717) is 23.1 Å². The maximum absolute atomic E-state index is 12.0. The van der Waals surface area contributed by atoms with Crippen molar-refractivity contribution in [3.63, 3.8) is 0 Å². The average molecular weight is 289 g/mol. The molecule has 0 bridgehead atoms. The Labute approximate surface area is 115 Å². The van der Waals surface area contributed by atoms with E-state index in [4.69, 9.17) is 23.2 Å². The summed E-state index contributed by atoms with van der Waals surface area (Å²) < 4.78 is 0. The number of carbonyl (C=O) groups is 1. The minimum absolute atomic E-state index is 0.00333. The van der Waals surface area contributed by atoms with Crippen molar-refractivity contribution in [2.75, 3.05) is 13.6 Å². The van der Waals surface area contributed by atoms with Gasteiger partial charge in [-0.15, -0.1) is 0 Å². The van der Waals surface area contributed by atoms with E-state index in [0.717, 1.165) is 5.56 Å². The highest BCUT2D eigenvalue weighted by Gasteiger charge is 2.24. The van der Waals surface area contributed by atoms with E-state index in [-0.39, 0.29) is 11.9 Å². The number of nitrogens with one attached hydrogen (secondary N) is 3. The van der Waals surface area contributed by atoms with E-state index in [9.17, 15) is 4.79 Å². The summed E-state index contributed by atoms with van der Waals surface area (Å²) in [5, 5.41) is 1.14. The number of rotatable bonds is 3. The minimum Gasteiger partial charge on any atom is -0.340 e. The number of likely N-dealkylation sites (N-methyl/N-ethyl adjacent to an activating group) is 1. The summed E-state index contributed by atoms with van der Waals surface area (Å²) in [7, 11) is 1.75. The van der Waals surface area contributed by atoms with Gasteiger partial charge in [0.05, 0.1) is 0 Å². The van der Waals surface area contributed by atoms with E-state index < -0.39 is 0 Å². The van der Waals surface area contributed by atoms with Gasteiger partial charge >= 0.3 is 0 Å². The lowest BCUT2D eigenvalue weighted by atomic mass is 10.2. The number of carbonyl (C=O) groups excluding carboxylic acids is 1. The Morgan fingerprint density at radius 1 is 1.39 bits per heavy atom. The van der Waals surface area contributed by atoms with Gasteiger partial charge in [0.1, 0.15) is 6.04 Å². The first-order chi connectivity index (χ1) is 8.56. The summed E-state index contributed by atoms with van der Waals surface area (Å²) in [6.45, 7) is 1.02. The third-order valence-corrected chi connectivity index (χ3v) is 3.09. The van der Waals surface area contributed by atoms with Gasteiger partial charge in [-0.05, 0) is 23.8 Å². The standard InChI is InChI=1S/C11H14Cl2N4O/c1-17(11(18)10-5-14-16-15-10)6-7-2-8(12)4-9(13)3-7/h2-4,10,14-16H,5-6H2,1H3. The van der Waals surface area contributed by atoms with Gasteiger partial charge in [-0.2, -0.15) is 5.53 Å². The van der Waals surface area contributed by atoms with Crippen LogP contribution in [0.5, 0.6) is 0 Å². The van der Waals surface area contributed by atoms with Crippen LogP contribution in [-0.2, 0) is 11.3 Å². The molecule has 1 aromatic rings. The predicted octanol–water partition coefficient (Wildman–Crippen LogP) is 0.933. The highest BCUT2D eigenvalue weighted by Crippen LogP contribution is 2.20. The Hall–Kier alpha value is -0.850. The molecule has 0 aliphatic carbocycles. The fourth-order valence-electron chi connectivity index (χ4n) is 1.81. The molecule has 1 saturated heterocycles. The van der Waals surface area contributed by atoms with Crippen LogP contribution in [0, 0.1) is 0 Å². The second kappa shape index (κ2) is 5.86. The predicted molar refractivity (Wildman–Crippen MR) is 71.0 cm³/mol. The van der Waals surface area contributed by atoms with E-state index >= 15 is 0 Å². The first-order valence-electron chi connectivity index (χ1n) is 5.49. The molecule has 1 heterocycles. The normalized spacial score (nSPS) is 18.9. The Bertz CT molecular complexity index is 428. The van der Waals surface area contributed by atoms with Gasteiger partial charge in [-0.1, -0.05) is 23.2 Å². The number of nitrogens with zero attached hydrogens (tertiary/aromatic N) is 1. The van der Waals surface area contributed by atoms with Crippen molar-refractivity contribution in [1.82, 2.24) is 21.3 Å². The molecule has 1 aromatic carbocycles. The highest BCUT2D eigenvalue weighted by atomic mass is 35.5. The minimum atomic E-state index is -0.260. The van der Waals surface area contributed by atoms with Crippen LogP contribution in [0.2, 0.25) is 10.0 Å².